The van der Waals surface area contributed by atoms with Gasteiger partial charge in [0.05, 0.1) is 5.56 Å². The van der Waals surface area contributed by atoms with Crippen molar-refractivity contribution in [1.29, 1.82) is 0 Å². The number of amides is 1. The first kappa shape index (κ1) is 10.4. The number of rotatable bonds is 3. The molecule has 0 saturated carbocycles. The number of nitrogens with one attached hydrogen (secondary N) is 1. The number of carbonyl (C=O) groups is 2. The minimum Gasteiger partial charge on any atom is -0.352 e. The average Bonchev–Trinajstić information content (AvgIpc) is 2.18. The van der Waals surface area contributed by atoms with E-state index in [9.17, 15) is 9.59 Å². The summed E-state index contributed by atoms with van der Waals surface area (Å²) >= 11 is 0. The van der Waals surface area contributed by atoms with Crippen LogP contribution in [0.2, 0.25) is 0 Å². The molecule has 3 heteroatoms. The molecule has 0 fully saturated rings. The lowest BCUT2D eigenvalue weighted by Crippen LogP contribution is -2.24. The lowest BCUT2D eigenvalue weighted by molar-refractivity contribution is 0.0940. The van der Waals surface area contributed by atoms with Crippen molar-refractivity contribution < 1.29 is 9.59 Å². The number of hydrogen-bond acceptors (Lipinski definition) is 2. The monoisotopic (exact) mass is 191 g/mol. The van der Waals surface area contributed by atoms with Gasteiger partial charge in [-0.25, -0.2) is 0 Å². The molecule has 3 nitrogen and oxygen atoms in total. The maximum absolute atomic E-state index is 11.5. The van der Waals surface area contributed by atoms with E-state index in [1.165, 1.54) is 6.92 Å². The molecule has 0 radical (unpaired) electrons. The molecule has 0 aromatic heterocycles. The molecule has 0 spiro atoms. The first-order chi connectivity index (χ1) is 6.66. The van der Waals surface area contributed by atoms with E-state index < -0.39 is 0 Å². The second-order valence-electron chi connectivity index (χ2n) is 2.96. The highest BCUT2D eigenvalue weighted by molar-refractivity contribution is 6.07. The van der Waals surface area contributed by atoms with E-state index in [2.05, 4.69) is 5.32 Å². The third-order valence-electron chi connectivity index (χ3n) is 1.89. The molecule has 1 rings (SSSR count). The fourth-order valence-electron chi connectivity index (χ4n) is 1.24. The Morgan fingerprint density at radius 2 is 1.79 bits per heavy atom. The summed E-state index contributed by atoms with van der Waals surface area (Å²) in [5.41, 5.74) is 0.917. The Labute approximate surface area is 83.1 Å². The molecule has 74 valence electrons. The van der Waals surface area contributed by atoms with Crippen molar-refractivity contribution in [3.05, 3.63) is 35.4 Å². The zero-order valence-corrected chi connectivity index (χ0v) is 8.33. The van der Waals surface area contributed by atoms with Crippen molar-refractivity contribution in [3.8, 4) is 0 Å². The third-order valence-corrected chi connectivity index (χ3v) is 1.89. The van der Waals surface area contributed by atoms with E-state index in [0.29, 0.717) is 17.7 Å². The van der Waals surface area contributed by atoms with Crippen LogP contribution in [0.1, 0.15) is 34.6 Å². The maximum Gasteiger partial charge on any atom is 0.252 e. The van der Waals surface area contributed by atoms with Crippen LogP contribution in [-0.2, 0) is 0 Å². The lowest BCUT2D eigenvalue weighted by Gasteiger charge is -2.05. The standard InChI is InChI=1S/C11H13NO2/c1-3-12-11(14)10-7-5-4-6-9(10)8(2)13/h4-7H,3H2,1-2H3,(H,12,14). The van der Waals surface area contributed by atoms with Crippen LogP contribution in [-0.4, -0.2) is 18.2 Å². The van der Waals surface area contributed by atoms with Crippen LogP contribution >= 0.6 is 0 Å². The first-order valence-corrected chi connectivity index (χ1v) is 4.55. The molecule has 0 aliphatic heterocycles. The molecule has 0 aliphatic carbocycles. The Hall–Kier alpha value is -1.64. The van der Waals surface area contributed by atoms with Gasteiger partial charge in [0.2, 0.25) is 0 Å². The summed E-state index contributed by atoms with van der Waals surface area (Å²) in [7, 11) is 0. The zero-order chi connectivity index (χ0) is 10.6. The van der Waals surface area contributed by atoms with Gasteiger partial charge in [0.1, 0.15) is 0 Å². The molecular weight excluding hydrogens is 178 g/mol. The van der Waals surface area contributed by atoms with Crippen LogP contribution in [0.4, 0.5) is 0 Å². The van der Waals surface area contributed by atoms with E-state index in [0.717, 1.165) is 0 Å². The smallest absolute Gasteiger partial charge is 0.252 e. The predicted octanol–water partition coefficient (Wildman–Crippen LogP) is 1.64. The molecule has 0 unspecified atom stereocenters. The van der Waals surface area contributed by atoms with E-state index in [-0.39, 0.29) is 11.7 Å². The van der Waals surface area contributed by atoms with Gasteiger partial charge >= 0.3 is 0 Å². The third kappa shape index (κ3) is 2.19. The highest BCUT2D eigenvalue weighted by Gasteiger charge is 2.12. The van der Waals surface area contributed by atoms with Crippen LogP contribution in [0.15, 0.2) is 24.3 Å². The van der Waals surface area contributed by atoms with Gasteiger partial charge in [0.15, 0.2) is 5.78 Å². The number of ketones is 1. The SMILES string of the molecule is CCNC(=O)c1ccccc1C(C)=O. The molecule has 1 aromatic carbocycles. The number of hydrogen-bond donors (Lipinski definition) is 1. The van der Waals surface area contributed by atoms with E-state index in [4.69, 9.17) is 0 Å². The largest absolute Gasteiger partial charge is 0.352 e. The van der Waals surface area contributed by atoms with Gasteiger partial charge in [-0.05, 0) is 19.9 Å². The van der Waals surface area contributed by atoms with Crippen molar-refractivity contribution in [2.75, 3.05) is 6.54 Å². The summed E-state index contributed by atoms with van der Waals surface area (Å²) in [5.74, 6) is -0.287. The van der Waals surface area contributed by atoms with Crippen LogP contribution in [0.5, 0.6) is 0 Å². The summed E-state index contributed by atoms with van der Waals surface area (Å²) in [6, 6.07) is 6.81. The molecule has 0 heterocycles. The van der Waals surface area contributed by atoms with Crippen molar-refractivity contribution in [2.24, 2.45) is 0 Å². The molecule has 1 aromatic rings. The Kier molecular flexibility index (Phi) is 3.40. The maximum atomic E-state index is 11.5. The topological polar surface area (TPSA) is 46.2 Å². The summed E-state index contributed by atoms with van der Waals surface area (Å²) in [4.78, 5) is 22.7. The second-order valence-corrected chi connectivity index (χ2v) is 2.96. The van der Waals surface area contributed by atoms with Gasteiger partial charge in [-0.1, -0.05) is 18.2 Å². The highest BCUT2D eigenvalue weighted by Crippen LogP contribution is 2.08. The molecule has 14 heavy (non-hydrogen) atoms. The van der Waals surface area contributed by atoms with Crippen molar-refractivity contribution in [3.63, 3.8) is 0 Å². The zero-order valence-electron chi connectivity index (χ0n) is 8.33. The fraction of sp³-hybridized carbons (Fsp3) is 0.273. The molecule has 0 saturated heterocycles. The first-order valence-electron chi connectivity index (χ1n) is 4.55. The van der Waals surface area contributed by atoms with Gasteiger partial charge < -0.3 is 5.32 Å². The van der Waals surface area contributed by atoms with E-state index in [1.54, 1.807) is 24.3 Å². The summed E-state index contributed by atoms with van der Waals surface area (Å²) in [6.07, 6.45) is 0. The Morgan fingerprint density at radius 1 is 1.21 bits per heavy atom. The van der Waals surface area contributed by atoms with Gasteiger partial charge in [-0.15, -0.1) is 0 Å². The molecule has 0 aliphatic rings. The van der Waals surface area contributed by atoms with Crippen LogP contribution in [0.25, 0.3) is 0 Å². The Bertz CT molecular complexity index is 358. The molecule has 0 bridgehead atoms. The molecule has 1 amide bonds. The van der Waals surface area contributed by atoms with Crippen LogP contribution in [0, 0.1) is 0 Å². The summed E-state index contributed by atoms with van der Waals surface area (Å²) in [5, 5.41) is 2.67. The van der Waals surface area contributed by atoms with Crippen LogP contribution in [0.3, 0.4) is 0 Å². The predicted molar refractivity (Wildman–Crippen MR) is 54.5 cm³/mol. The second kappa shape index (κ2) is 4.56. The van der Waals surface area contributed by atoms with E-state index in [1.807, 2.05) is 6.92 Å². The summed E-state index contributed by atoms with van der Waals surface area (Å²) in [6.45, 7) is 3.86. The fourth-order valence-corrected chi connectivity index (χ4v) is 1.24. The van der Waals surface area contributed by atoms with Gasteiger partial charge in [0.25, 0.3) is 5.91 Å². The minimum atomic E-state index is -0.196. The van der Waals surface area contributed by atoms with E-state index >= 15 is 0 Å². The number of carbonyl (C=O) groups excluding carboxylic acids is 2. The van der Waals surface area contributed by atoms with Crippen LogP contribution < -0.4 is 5.32 Å². The minimum absolute atomic E-state index is 0.0909. The molecule has 1 N–H and O–H groups in total. The van der Waals surface area contributed by atoms with Crippen molar-refractivity contribution >= 4 is 11.7 Å². The quantitative estimate of drug-likeness (QED) is 0.738. The normalized spacial score (nSPS) is 9.57. The van der Waals surface area contributed by atoms with Crippen molar-refractivity contribution in [2.45, 2.75) is 13.8 Å². The summed E-state index contributed by atoms with van der Waals surface area (Å²) < 4.78 is 0. The number of Topliss-reactive ketones (excluding diaryl/α,β-unsaturated/α-hetero) is 1. The molecular formula is C11H13NO2. The van der Waals surface area contributed by atoms with Gasteiger partial charge in [-0.2, -0.15) is 0 Å². The number of benzene rings is 1. The highest BCUT2D eigenvalue weighted by atomic mass is 16.2. The van der Waals surface area contributed by atoms with Gasteiger partial charge in [0, 0.05) is 12.1 Å². The van der Waals surface area contributed by atoms with Crippen molar-refractivity contribution in [1.82, 2.24) is 5.32 Å². The molecule has 0 atom stereocenters. The van der Waals surface area contributed by atoms with Gasteiger partial charge in [-0.3, -0.25) is 9.59 Å². The Balaban J connectivity index is 3.07. The Morgan fingerprint density at radius 3 is 2.29 bits per heavy atom. The lowest BCUT2D eigenvalue weighted by atomic mass is 10.0. The average molecular weight is 191 g/mol.